The van der Waals surface area contributed by atoms with Gasteiger partial charge >= 0.3 is 5.97 Å². The van der Waals surface area contributed by atoms with Crippen molar-refractivity contribution in [2.75, 3.05) is 19.0 Å². The van der Waals surface area contributed by atoms with Crippen molar-refractivity contribution in [2.24, 2.45) is 0 Å². The Morgan fingerprint density at radius 3 is 2.69 bits per heavy atom. The predicted molar refractivity (Wildman–Crippen MR) is 93.7 cm³/mol. The van der Waals surface area contributed by atoms with Crippen LogP contribution in [0.15, 0.2) is 54.3 Å². The fourth-order valence-corrected chi connectivity index (χ4v) is 3.04. The van der Waals surface area contributed by atoms with E-state index in [2.05, 4.69) is 10.1 Å². The zero-order chi connectivity index (χ0) is 18.3. The monoisotopic (exact) mass is 351 g/mol. The minimum Gasteiger partial charge on any atom is -0.488 e. The molecule has 2 heterocycles. The number of fused-ring (bicyclic) bond motifs is 1. The van der Waals surface area contributed by atoms with Gasteiger partial charge in [0.2, 0.25) is 0 Å². The molecule has 0 spiro atoms. The number of amides is 1. The highest BCUT2D eigenvalue weighted by atomic mass is 19.1. The second kappa shape index (κ2) is 6.15. The van der Waals surface area contributed by atoms with Gasteiger partial charge in [-0.15, -0.1) is 0 Å². The maximum atomic E-state index is 13.3. The molecule has 0 radical (unpaired) electrons. The molecule has 0 aromatic heterocycles. The third-order valence-corrected chi connectivity index (χ3v) is 4.34. The van der Waals surface area contributed by atoms with E-state index < -0.39 is 11.8 Å². The Morgan fingerprint density at radius 1 is 1.19 bits per heavy atom. The van der Waals surface area contributed by atoms with Gasteiger partial charge in [0.25, 0.3) is 5.91 Å². The van der Waals surface area contributed by atoms with Gasteiger partial charge in [-0.25, -0.2) is 9.18 Å². The highest BCUT2D eigenvalue weighted by Crippen LogP contribution is 2.38. The van der Waals surface area contributed by atoms with Crippen LogP contribution in [0.2, 0.25) is 0 Å². The second-order valence-corrected chi connectivity index (χ2v) is 5.91. The Labute approximate surface area is 148 Å². The van der Waals surface area contributed by atoms with E-state index in [1.165, 1.54) is 19.2 Å². The van der Waals surface area contributed by atoms with Crippen molar-refractivity contribution >= 4 is 28.7 Å². The van der Waals surface area contributed by atoms with Crippen LogP contribution in [0.1, 0.15) is 21.5 Å². The number of rotatable bonds is 2. The number of allylic oxidation sites excluding steroid dienone is 1. The van der Waals surface area contributed by atoms with Gasteiger partial charge in [0.1, 0.15) is 18.2 Å². The summed E-state index contributed by atoms with van der Waals surface area (Å²) in [7, 11) is 1.33. The zero-order valence-electron chi connectivity index (χ0n) is 13.8. The number of carbonyl (C=O) groups excluding carboxylic acids is 2. The van der Waals surface area contributed by atoms with Gasteiger partial charge in [-0.1, -0.05) is 12.1 Å². The number of ether oxygens (including phenoxy) is 2. The van der Waals surface area contributed by atoms with Gasteiger partial charge < -0.3 is 14.8 Å². The Morgan fingerprint density at radius 2 is 1.96 bits per heavy atom. The molecule has 5 nitrogen and oxygen atoms in total. The lowest BCUT2D eigenvalue weighted by Gasteiger charge is -2.03. The maximum Gasteiger partial charge on any atom is 0.337 e. The van der Waals surface area contributed by atoms with Crippen LogP contribution in [0.5, 0.6) is 0 Å². The summed E-state index contributed by atoms with van der Waals surface area (Å²) in [5.74, 6) is -0.689. The van der Waals surface area contributed by atoms with Crippen molar-refractivity contribution in [3.63, 3.8) is 0 Å². The lowest BCUT2D eigenvalue weighted by atomic mass is 10.0. The minimum absolute atomic E-state index is 0.306. The van der Waals surface area contributed by atoms with Crippen LogP contribution in [0.3, 0.4) is 0 Å². The number of methoxy groups -OCH3 is 1. The van der Waals surface area contributed by atoms with Crippen LogP contribution in [-0.4, -0.2) is 25.6 Å². The van der Waals surface area contributed by atoms with Crippen LogP contribution in [-0.2, 0) is 14.3 Å². The van der Waals surface area contributed by atoms with Gasteiger partial charge in [-0.05, 0) is 42.0 Å². The van der Waals surface area contributed by atoms with Crippen molar-refractivity contribution in [3.05, 3.63) is 76.8 Å². The van der Waals surface area contributed by atoms with Gasteiger partial charge in [0.05, 0.1) is 23.9 Å². The van der Waals surface area contributed by atoms with Crippen molar-refractivity contribution in [2.45, 2.75) is 0 Å². The summed E-state index contributed by atoms with van der Waals surface area (Å²) in [5, 5.41) is 2.65. The molecular weight excluding hydrogens is 337 g/mol. The molecule has 26 heavy (non-hydrogen) atoms. The highest BCUT2D eigenvalue weighted by molar-refractivity contribution is 6.32. The van der Waals surface area contributed by atoms with E-state index >= 15 is 0 Å². The topological polar surface area (TPSA) is 64.6 Å². The molecule has 2 aromatic rings. The number of hydrogen-bond acceptors (Lipinski definition) is 4. The lowest BCUT2D eigenvalue weighted by molar-refractivity contribution is -0.110. The standard InChI is InChI=1S/C20H14FNO4/c1-25-20(24)12-4-2-11(3-5-12)13-8-17(26-10-13)18-15-7-6-14(21)9-16(15)22-19(18)23/h2-9H,10H2,1H3,(H,22,23)/b18-17+. The SMILES string of the molecule is COC(=O)c1ccc(C2=C/C(=C3\C(=O)Nc4cc(F)ccc43)OC2)cc1. The number of halogens is 1. The summed E-state index contributed by atoms with van der Waals surface area (Å²) >= 11 is 0. The van der Waals surface area contributed by atoms with Crippen molar-refractivity contribution < 1.29 is 23.5 Å². The van der Waals surface area contributed by atoms with E-state index in [4.69, 9.17) is 4.74 Å². The Bertz CT molecular complexity index is 989. The Balaban J connectivity index is 1.69. The summed E-state index contributed by atoms with van der Waals surface area (Å²) < 4.78 is 23.7. The second-order valence-electron chi connectivity index (χ2n) is 5.91. The van der Waals surface area contributed by atoms with Gasteiger partial charge in [0.15, 0.2) is 0 Å². The van der Waals surface area contributed by atoms with Crippen LogP contribution in [0, 0.1) is 5.82 Å². The first-order valence-corrected chi connectivity index (χ1v) is 7.94. The molecular formula is C20H14FNO4. The van der Waals surface area contributed by atoms with Crippen molar-refractivity contribution in [1.29, 1.82) is 0 Å². The quantitative estimate of drug-likeness (QED) is 0.665. The smallest absolute Gasteiger partial charge is 0.337 e. The molecule has 0 atom stereocenters. The summed E-state index contributed by atoms with van der Waals surface area (Å²) in [4.78, 5) is 23.8. The molecule has 0 saturated carbocycles. The molecule has 2 aromatic carbocycles. The number of hydrogen-bond donors (Lipinski definition) is 1. The van der Waals surface area contributed by atoms with E-state index in [1.807, 2.05) is 0 Å². The maximum absolute atomic E-state index is 13.3. The van der Waals surface area contributed by atoms with E-state index in [9.17, 15) is 14.0 Å². The molecule has 0 saturated heterocycles. The van der Waals surface area contributed by atoms with Gasteiger partial charge in [0, 0.05) is 11.1 Å². The first-order chi connectivity index (χ1) is 12.6. The third-order valence-electron chi connectivity index (χ3n) is 4.34. The Kier molecular flexibility index (Phi) is 3.80. The van der Waals surface area contributed by atoms with E-state index in [1.54, 1.807) is 36.4 Å². The van der Waals surface area contributed by atoms with Crippen LogP contribution in [0.4, 0.5) is 10.1 Å². The van der Waals surface area contributed by atoms with Crippen molar-refractivity contribution in [1.82, 2.24) is 0 Å². The minimum atomic E-state index is -0.412. The number of nitrogens with one attached hydrogen (secondary N) is 1. The first-order valence-electron chi connectivity index (χ1n) is 7.94. The zero-order valence-corrected chi connectivity index (χ0v) is 13.8. The molecule has 0 aliphatic carbocycles. The molecule has 1 N–H and O–H groups in total. The van der Waals surface area contributed by atoms with Crippen LogP contribution >= 0.6 is 0 Å². The first kappa shape index (κ1) is 16.1. The van der Waals surface area contributed by atoms with Crippen LogP contribution < -0.4 is 5.32 Å². The molecule has 2 aliphatic heterocycles. The average Bonchev–Trinajstić information content (AvgIpc) is 3.24. The highest BCUT2D eigenvalue weighted by Gasteiger charge is 2.30. The van der Waals surface area contributed by atoms with Crippen LogP contribution in [0.25, 0.3) is 11.1 Å². The average molecular weight is 351 g/mol. The van der Waals surface area contributed by atoms with Crippen molar-refractivity contribution in [3.8, 4) is 0 Å². The largest absolute Gasteiger partial charge is 0.488 e. The van der Waals surface area contributed by atoms with Gasteiger partial charge in [-0.2, -0.15) is 0 Å². The van der Waals surface area contributed by atoms with E-state index in [0.29, 0.717) is 34.8 Å². The molecule has 1 amide bonds. The number of benzene rings is 2. The van der Waals surface area contributed by atoms with E-state index in [-0.39, 0.29) is 5.91 Å². The number of carbonyl (C=O) groups is 2. The third kappa shape index (κ3) is 2.65. The molecule has 130 valence electrons. The fourth-order valence-electron chi connectivity index (χ4n) is 3.04. The summed E-state index contributed by atoms with van der Waals surface area (Å²) in [6.45, 7) is 0.306. The molecule has 0 unspecified atom stereocenters. The lowest BCUT2D eigenvalue weighted by Crippen LogP contribution is -2.05. The van der Waals surface area contributed by atoms with Gasteiger partial charge in [-0.3, -0.25) is 4.79 Å². The summed E-state index contributed by atoms with van der Waals surface area (Å²) in [6, 6.07) is 11.1. The number of anilines is 1. The van der Waals surface area contributed by atoms with E-state index in [0.717, 1.165) is 11.1 Å². The fraction of sp³-hybridized carbons (Fsp3) is 0.100. The Hall–Kier alpha value is -3.41. The molecule has 0 bridgehead atoms. The number of esters is 1. The summed E-state index contributed by atoms with van der Waals surface area (Å²) in [5.41, 5.74) is 3.66. The molecule has 4 rings (SSSR count). The summed E-state index contributed by atoms with van der Waals surface area (Å²) in [6.07, 6.45) is 1.79. The predicted octanol–water partition coefficient (Wildman–Crippen LogP) is 3.39. The normalized spacial score (nSPS) is 18.1. The molecule has 2 aliphatic rings. The molecule has 0 fully saturated rings. The molecule has 6 heteroatoms.